The Labute approximate surface area is 317 Å². The topological polar surface area (TPSA) is 198 Å². The van der Waals surface area contributed by atoms with Crippen molar-refractivity contribution in [1.82, 2.24) is 14.9 Å². The predicted octanol–water partition coefficient (Wildman–Crippen LogP) is 4.24. The van der Waals surface area contributed by atoms with Crippen LogP contribution in [0.2, 0.25) is 0 Å². The maximum atomic E-state index is 14.9. The number of alkyl carbamates (subject to hydrolysis) is 1. The highest BCUT2D eigenvalue weighted by molar-refractivity contribution is 7.89. The molecule has 0 heterocycles. The molecule has 0 spiro atoms. The second kappa shape index (κ2) is 18.1. The summed E-state index contributed by atoms with van der Waals surface area (Å²) in [6.07, 6.45) is -18.6. The normalized spacial score (nSPS) is 25.4. The molecule has 0 bridgehead atoms. The molecule has 3 aromatic carbocycles. The van der Waals surface area contributed by atoms with E-state index in [1.54, 1.807) is 0 Å². The molecular formula is C33H45N4O9PS. The average molecular weight is 730 g/mol. The molecule has 0 unspecified atom stereocenters. The number of carbonyl (C=O) groups is 2. The van der Waals surface area contributed by atoms with Gasteiger partial charge in [-0.1, -0.05) is 80.7 Å². The zero-order chi connectivity index (χ0) is 57.3. The number of benzene rings is 3. The van der Waals surface area contributed by atoms with E-state index in [0.29, 0.717) is 24.3 Å². The zero-order valence-electron chi connectivity index (χ0n) is 49.2. The quantitative estimate of drug-likeness (QED) is 0.0933. The van der Waals surface area contributed by atoms with Crippen LogP contribution in [0.15, 0.2) is 89.8 Å². The molecule has 0 aliphatic rings. The molecule has 0 aliphatic carbocycles. The smallest absolute Gasteiger partial charge is 0.453 e. The third kappa shape index (κ3) is 11.7. The average Bonchev–Trinajstić information content (AvgIpc) is 3.20. The van der Waals surface area contributed by atoms with Crippen LogP contribution in [0.1, 0.15) is 84.1 Å². The summed E-state index contributed by atoms with van der Waals surface area (Å²) in [6, 6.07) is 3.88. The number of nitrogens with one attached hydrogen (secondary N) is 2. The first-order chi connectivity index (χ1) is 32.3. The summed E-state index contributed by atoms with van der Waals surface area (Å²) in [5.74, 6) is -10.8. The number of hydrogen-bond donors (Lipinski definition) is 5. The van der Waals surface area contributed by atoms with Gasteiger partial charge in [-0.2, -0.15) is 4.31 Å². The molecule has 0 saturated carbocycles. The highest BCUT2D eigenvalue weighted by Crippen LogP contribution is 2.37. The first-order valence-electron chi connectivity index (χ1n) is 25.4. The number of carbonyl (C=O) groups excluding carboxylic acids is 2. The minimum Gasteiger partial charge on any atom is -0.453 e. The molecule has 13 nitrogen and oxygen atoms in total. The summed E-state index contributed by atoms with van der Waals surface area (Å²) in [5.41, 5.74) is 4.32. The van der Waals surface area contributed by atoms with E-state index in [1.165, 1.54) is 41.7 Å². The van der Waals surface area contributed by atoms with Gasteiger partial charge in [0, 0.05) is 55.3 Å². The largest absolute Gasteiger partial charge is 0.469 e. The van der Waals surface area contributed by atoms with Crippen molar-refractivity contribution < 1.29 is 75.9 Å². The van der Waals surface area contributed by atoms with Gasteiger partial charge < -0.3 is 30.9 Å². The standard InChI is InChI=1S/C33H45N4O9PS/c1-24(2)22-37(48(43,44)29-19-17-27(34)18-20-29)28(23-46-47(40,41)42)16-10-11-21-35-32(38)31(36-33(39)45-3)30(25-12-6-4-7-13-25)26-14-8-5-9-15-26/h4-9,12-15,17-20,24,28,30-31H,10-11,16,21-23,34H2,1-3H3,(H,35,38)(H,36,39)(H2,40,41,42)/t28-,31+/m0/s1/i1D3,2D3,3D3,10D2,11D2,16D2,21D2,22D2,23D2,24D,28D,30D,31D. The number of rotatable bonds is 18. The summed E-state index contributed by atoms with van der Waals surface area (Å²) >= 11 is 0. The van der Waals surface area contributed by atoms with Crippen molar-refractivity contribution in [3.05, 3.63) is 96.1 Å². The molecular weight excluding hydrogens is 659 g/mol. The molecule has 0 radical (unpaired) electrons. The molecule has 48 heavy (non-hydrogen) atoms. The zero-order valence-corrected chi connectivity index (χ0v) is 25.9. The molecule has 0 aromatic heterocycles. The number of hydrogen-bond acceptors (Lipinski definition) is 8. The van der Waals surface area contributed by atoms with E-state index in [1.807, 2.05) is 0 Å². The highest BCUT2D eigenvalue weighted by atomic mass is 32.2. The van der Waals surface area contributed by atoms with Gasteiger partial charge in [-0.05, 0) is 54.0 Å². The van der Waals surface area contributed by atoms with Crippen LogP contribution in [0.4, 0.5) is 10.5 Å². The molecule has 262 valence electrons. The molecule has 3 aromatic rings. The Bertz CT molecular complexity index is 2610. The minimum atomic E-state index is -6.84. The summed E-state index contributed by atoms with van der Waals surface area (Å²) in [6.45, 7) is -25.3. The Morgan fingerprint density at radius 1 is 1.00 bits per heavy atom. The summed E-state index contributed by atoms with van der Waals surface area (Å²) < 4.78 is 261. The highest BCUT2D eigenvalue weighted by Gasteiger charge is 2.35. The minimum absolute atomic E-state index is 0.327. The van der Waals surface area contributed by atoms with Crippen LogP contribution in [0.5, 0.6) is 0 Å². The third-order valence-electron chi connectivity index (χ3n) is 5.50. The lowest BCUT2D eigenvalue weighted by molar-refractivity contribution is -0.123. The lowest BCUT2D eigenvalue weighted by Crippen LogP contribution is -2.50. The van der Waals surface area contributed by atoms with Crippen molar-refractivity contribution >= 4 is 35.5 Å². The van der Waals surface area contributed by atoms with Gasteiger partial charge in [0.05, 0.1) is 28.1 Å². The third-order valence-corrected chi connectivity index (χ3v) is 7.45. The fraction of sp³-hybridized carbons (Fsp3) is 0.394. The Balaban J connectivity index is 2.60. The van der Waals surface area contributed by atoms with Crippen LogP contribution in [0.25, 0.3) is 0 Å². The van der Waals surface area contributed by atoms with Crippen molar-refractivity contribution in [3.8, 4) is 0 Å². The van der Waals surface area contributed by atoms with Gasteiger partial charge in [-0.25, -0.2) is 17.8 Å². The van der Waals surface area contributed by atoms with Crippen LogP contribution in [0.3, 0.4) is 0 Å². The number of nitrogens with zero attached hydrogens (tertiary/aromatic N) is 1. The number of anilines is 1. The van der Waals surface area contributed by atoms with Gasteiger partial charge >= 0.3 is 13.9 Å². The fourth-order valence-corrected chi connectivity index (χ4v) is 5.03. The summed E-state index contributed by atoms with van der Waals surface area (Å²) in [5, 5.41) is 2.62. The van der Waals surface area contributed by atoms with E-state index in [0.717, 1.165) is 29.6 Å². The molecule has 3 rings (SSSR count). The monoisotopic (exact) mass is 729 g/mol. The number of nitrogens with two attached hydrogens (primary N) is 1. The molecule has 15 heteroatoms. The lowest BCUT2D eigenvalue weighted by Gasteiger charge is -2.32. The Morgan fingerprint density at radius 2 is 1.60 bits per heavy atom. The molecule has 6 N–H and O–H groups in total. The van der Waals surface area contributed by atoms with E-state index in [2.05, 4.69) is 9.26 Å². The molecule has 2 atom stereocenters. The number of phosphoric ester groups is 1. The molecule has 0 fully saturated rings. The number of amides is 2. The number of sulfonamides is 1. The second-order valence-corrected chi connectivity index (χ2v) is 11.8. The van der Waals surface area contributed by atoms with Crippen molar-refractivity contribution in [2.75, 3.05) is 32.3 Å². The summed E-state index contributed by atoms with van der Waals surface area (Å²) in [7, 11) is -17.3. The van der Waals surface area contributed by atoms with E-state index in [-0.39, 0.29) is 5.69 Å². The SMILES string of the molecule is [2H]C([2H])([2H])OC(=O)N[C@@]([2H])(C(=O)NC([2H])([2H])C([2H])([2H])C([2H])([2H])C([2H])([2H])[C@]([2H])(N(C([2H])([2H])C([2H])(C([2H])([2H])[2H])C([2H])([2H])[2H])S(=O)(=O)c1ccc(N)cc1)C([2H])([2H])OP(=O)(O)O)C([2H])(c1ccccc1)c1ccccc1. The fourth-order valence-electron chi connectivity index (χ4n) is 3.60. The van der Waals surface area contributed by atoms with Crippen LogP contribution < -0.4 is 16.4 Å². The van der Waals surface area contributed by atoms with Crippen molar-refractivity contribution in [3.63, 3.8) is 0 Å². The predicted molar refractivity (Wildman–Crippen MR) is 182 cm³/mol. The maximum Gasteiger partial charge on any atom is 0.469 e. The number of ether oxygens (including phenoxy) is 1. The van der Waals surface area contributed by atoms with Crippen molar-refractivity contribution in [2.45, 2.75) is 55.6 Å². The molecule has 0 saturated heterocycles. The van der Waals surface area contributed by atoms with E-state index in [9.17, 15) is 36.5 Å². The van der Waals surface area contributed by atoms with Gasteiger partial charge in [0.2, 0.25) is 15.9 Å². The van der Waals surface area contributed by atoms with Gasteiger partial charge in [0.1, 0.15) is 6.02 Å². The van der Waals surface area contributed by atoms with E-state index >= 15 is 0 Å². The van der Waals surface area contributed by atoms with Crippen molar-refractivity contribution in [2.24, 2.45) is 5.89 Å². The number of phosphoric acid groups is 1. The first kappa shape index (κ1) is 16.3. The maximum absolute atomic E-state index is 14.9. The van der Waals surface area contributed by atoms with Gasteiger partial charge in [0.15, 0.2) is 0 Å². The van der Waals surface area contributed by atoms with Crippen molar-refractivity contribution in [1.29, 1.82) is 0 Å². The van der Waals surface area contributed by atoms with Crippen LogP contribution in [-0.4, -0.2) is 73.1 Å². The number of methoxy groups -OCH3 is 1. The summed E-state index contributed by atoms with van der Waals surface area (Å²) in [4.78, 5) is 45.8. The van der Waals surface area contributed by atoms with E-state index < -0.39 is 133 Å². The molecule has 2 amide bonds. The van der Waals surface area contributed by atoms with E-state index in [4.69, 9.17) is 35.9 Å². The Kier molecular flexibility index (Phi) is 6.14. The Hall–Kier alpha value is -3.78. The second-order valence-electron chi connectivity index (χ2n) is 8.81. The number of nitrogen functional groups attached to an aromatic ring is 1. The van der Waals surface area contributed by atoms with Crippen LogP contribution in [-0.2, 0) is 28.6 Å². The van der Waals surface area contributed by atoms with Gasteiger partial charge in [-0.15, -0.1) is 0 Å². The molecule has 0 aliphatic heterocycles. The van der Waals surface area contributed by atoms with Crippen LogP contribution >= 0.6 is 7.82 Å². The van der Waals surface area contributed by atoms with Gasteiger partial charge in [-0.3, -0.25) is 9.32 Å². The first-order valence-corrected chi connectivity index (χ1v) is 15.9. The van der Waals surface area contributed by atoms with Crippen LogP contribution in [0, 0.1) is 5.89 Å². The Morgan fingerprint density at radius 3 is 2.15 bits per heavy atom. The lowest BCUT2D eigenvalue weighted by atomic mass is 9.84. The van der Waals surface area contributed by atoms with Gasteiger partial charge in [0.25, 0.3) is 0 Å².